The lowest BCUT2D eigenvalue weighted by Gasteiger charge is -2.14. The van der Waals surface area contributed by atoms with Crippen molar-refractivity contribution in [3.05, 3.63) is 87.4 Å². The van der Waals surface area contributed by atoms with Crippen LogP contribution in [-0.4, -0.2) is 32.1 Å². The van der Waals surface area contributed by atoms with Crippen molar-refractivity contribution in [2.24, 2.45) is 0 Å². The van der Waals surface area contributed by atoms with E-state index in [0.29, 0.717) is 5.75 Å². The third-order valence-electron chi connectivity index (χ3n) is 4.58. The maximum Gasteiger partial charge on any atom is 0.269 e. The first-order chi connectivity index (χ1) is 16.1. The van der Waals surface area contributed by atoms with Crippen LogP contribution >= 0.6 is 11.6 Å². The van der Waals surface area contributed by atoms with Crippen molar-refractivity contribution in [1.82, 2.24) is 0 Å². The maximum absolute atomic E-state index is 12.9. The molecule has 0 saturated carbocycles. The molecule has 0 unspecified atom stereocenters. The molecule has 0 aromatic heterocycles. The zero-order chi connectivity index (χ0) is 24.9. The molecule has 12 heteroatoms. The molecule has 0 saturated heterocycles. The Balaban J connectivity index is 1.74. The van der Waals surface area contributed by atoms with Gasteiger partial charge in [0.05, 0.1) is 29.2 Å². The summed E-state index contributed by atoms with van der Waals surface area (Å²) in [6.45, 7) is 0. The van der Waals surface area contributed by atoms with Crippen molar-refractivity contribution in [3.63, 3.8) is 0 Å². The molecule has 0 aliphatic rings. The van der Waals surface area contributed by atoms with Crippen LogP contribution in [-0.2, 0) is 14.8 Å². The number of methoxy groups -OCH3 is 1. The molecule has 3 aromatic rings. The minimum Gasteiger partial charge on any atom is -0.495 e. The van der Waals surface area contributed by atoms with Crippen LogP contribution in [0.15, 0.2) is 71.6 Å². The summed E-state index contributed by atoms with van der Waals surface area (Å²) < 4.78 is 33.3. The SMILES string of the molecule is COc1ccccc1NS(=O)(=O)c1cc(NC(=O)CC(=O)c2ccc([N+](=O)[O-])cc2)ccc1Cl. The second-order valence-electron chi connectivity index (χ2n) is 6.90. The summed E-state index contributed by atoms with van der Waals surface area (Å²) in [6.07, 6.45) is -0.554. The van der Waals surface area contributed by atoms with Gasteiger partial charge in [-0.2, -0.15) is 0 Å². The number of anilines is 2. The average molecular weight is 504 g/mol. The Kier molecular flexibility index (Phi) is 7.49. The first-order valence-corrected chi connectivity index (χ1v) is 11.5. The van der Waals surface area contributed by atoms with Crippen LogP contribution in [0, 0.1) is 10.1 Å². The van der Waals surface area contributed by atoms with E-state index in [1.54, 1.807) is 18.2 Å². The van der Waals surface area contributed by atoms with Gasteiger partial charge in [-0.15, -0.1) is 0 Å². The van der Waals surface area contributed by atoms with E-state index in [9.17, 15) is 28.1 Å². The van der Waals surface area contributed by atoms with Gasteiger partial charge in [-0.25, -0.2) is 8.42 Å². The highest BCUT2D eigenvalue weighted by Crippen LogP contribution is 2.30. The Morgan fingerprint density at radius 2 is 1.74 bits per heavy atom. The van der Waals surface area contributed by atoms with Crippen molar-refractivity contribution in [1.29, 1.82) is 0 Å². The van der Waals surface area contributed by atoms with E-state index >= 15 is 0 Å². The molecule has 0 spiro atoms. The molecule has 2 N–H and O–H groups in total. The molecule has 3 rings (SSSR count). The lowest BCUT2D eigenvalue weighted by Crippen LogP contribution is -2.18. The van der Waals surface area contributed by atoms with Crippen molar-refractivity contribution in [3.8, 4) is 5.75 Å². The number of Topliss-reactive ketones (excluding diaryl/α,β-unsaturated/α-hetero) is 1. The number of nitrogens with zero attached hydrogens (tertiary/aromatic N) is 1. The van der Waals surface area contributed by atoms with Crippen molar-refractivity contribution in [2.45, 2.75) is 11.3 Å². The zero-order valence-corrected chi connectivity index (χ0v) is 19.2. The molecule has 0 heterocycles. The number of hydrogen-bond donors (Lipinski definition) is 2. The topological polar surface area (TPSA) is 145 Å². The molecular weight excluding hydrogens is 486 g/mol. The van der Waals surface area contributed by atoms with Crippen LogP contribution in [0.2, 0.25) is 5.02 Å². The van der Waals surface area contributed by atoms with Crippen LogP contribution < -0.4 is 14.8 Å². The molecule has 0 aliphatic heterocycles. The van der Waals surface area contributed by atoms with E-state index in [1.165, 1.54) is 37.4 Å². The minimum atomic E-state index is -4.15. The smallest absolute Gasteiger partial charge is 0.269 e. The van der Waals surface area contributed by atoms with Crippen LogP contribution in [0.1, 0.15) is 16.8 Å². The fourth-order valence-corrected chi connectivity index (χ4v) is 4.54. The number of ether oxygens (including phenoxy) is 1. The van der Waals surface area contributed by atoms with E-state index in [2.05, 4.69) is 10.0 Å². The van der Waals surface area contributed by atoms with Crippen molar-refractivity contribution >= 4 is 50.4 Å². The van der Waals surface area contributed by atoms with Gasteiger partial charge in [0.25, 0.3) is 15.7 Å². The molecule has 0 aliphatic carbocycles. The second-order valence-corrected chi connectivity index (χ2v) is 8.96. The molecule has 0 fully saturated rings. The first-order valence-electron chi connectivity index (χ1n) is 9.63. The second kappa shape index (κ2) is 10.3. The highest BCUT2D eigenvalue weighted by atomic mass is 35.5. The summed E-state index contributed by atoms with van der Waals surface area (Å²) in [5, 5.41) is 13.1. The van der Waals surface area contributed by atoms with E-state index in [4.69, 9.17) is 16.3 Å². The Labute approximate surface area is 199 Å². The Bertz CT molecular complexity index is 1360. The standard InChI is InChI=1S/C22H18ClN3O7S/c1-33-20-5-3-2-4-18(20)25-34(31,32)21-12-15(8-11-17(21)23)24-22(28)13-19(27)14-6-9-16(10-7-14)26(29)30/h2-12,25H,13H2,1H3,(H,24,28). The predicted octanol–water partition coefficient (Wildman–Crippen LogP) is 4.27. The van der Waals surface area contributed by atoms with Gasteiger partial charge in [-0.05, 0) is 42.5 Å². The normalized spacial score (nSPS) is 10.9. The largest absolute Gasteiger partial charge is 0.495 e. The van der Waals surface area contributed by atoms with Crippen LogP contribution in [0.4, 0.5) is 17.1 Å². The molecule has 1 amide bonds. The van der Waals surface area contributed by atoms with Gasteiger partial charge in [0.1, 0.15) is 10.6 Å². The van der Waals surface area contributed by atoms with Gasteiger partial charge < -0.3 is 10.1 Å². The fraction of sp³-hybridized carbons (Fsp3) is 0.0909. The number of carbonyl (C=O) groups excluding carboxylic acids is 2. The summed E-state index contributed by atoms with van der Waals surface area (Å²) in [4.78, 5) is 34.5. The first kappa shape index (κ1) is 24.7. The lowest BCUT2D eigenvalue weighted by molar-refractivity contribution is -0.384. The molecule has 0 bridgehead atoms. The van der Waals surface area contributed by atoms with Gasteiger partial charge in [0.2, 0.25) is 5.91 Å². The number of nitro benzene ring substituents is 1. The maximum atomic E-state index is 12.9. The summed E-state index contributed by atoms with van der Waals surface area (Å²) in [6, 6.07) is 15.1. The number of carbonyl (C=O) groups is 2. The zero-order valence-electron chi connectivity index (χ0n) is 17.6. The number of non-ortho nitro benzene ring substituents is 1. The molecule has 3 aromatic carbocycles. The van der Waals surface area contributed by atoms with E-state index in [1.807, 2.05) is 0 Å². The Morgan fingerprint density at radius 3 is 2.38 bits per heavy atom. The number of ketones is 1. The molecule has 34 heavy (non-hydrogen) atoms. The minimum absolute atomic E-state index is 0.0812. The summed E-state index contributed by atoms with van der Waals surface area (Å²) in [7, 11) is -2.75. The number of benzene rings is 3. The number of amides is 1. The average Bonchev–Trinajstić information content (AvgIpc) is 2.80. The van der Waals surface area contributed by atoms with Crippen LogP contribution in [0.25, 0.3) is 0 Å². The summed E-state index contributed by atoms with van der Waals surface area (Å²) in [5.74, 6) is -0.963. The van der Waals surface area contributed by atoms with E-state index in [0.717, 1.165) is 18.2 Å². The van der Waals surface area contributed by atoms with Crippen molar-refractivity contribution < 1.29 is 27.7 Å². The molecule has 0 atom stereocenters. The number of nitro groups is 1. The highest BCUT2D eigenvalue weighted by Gasteiger charge is 2.21. The number of hydrogen-bond acceptors (Lipinski definition) is 7. The summed E-state index contributed by atoms with van der Waals surface area (Å²) >= 11 is 6.09. The van der Waals surface area contributed by atoms with E-state index in [-0.39, 0.29) is 32.5 Å². The number of rotatable bonds is 9. The molecule has 10 nitrogen and oxygen atoms in total. The third kappa shape index (κ3) is 5.88. The molecule has 176 valence electrons. The monoisotopic (exact) mass is 503 g/mol. The van der Waals surface area contributed by atoms with Gasteiger partial charge in [-0.3, -0.25) is 24.4 Å². The molecular formula is C22H18ClN3O7S. The number of nitrogens with one attached hydrogen (secondary N) is 2. The quantitative estimate of drug-likeness (QED) is 0.192. The number of para-hydroxylation sites is 2. The van der Waals surface area contributed by atoms with Crippen LogP contribution in [0.5, 0.6) is 5.75 Å². The van der Waals surface area contributed by atoms with Gasteiger partial charge in [0.15, 0.2) is 5.78 Å². The predicted molar refractivity (Wildman–Crippen MR) is 126 cm³/mol. The summed E-state index contributed by atoms with van der Waals surface area (Å²) in [5.41, 5.74) is 0.245. The third-order valence-corrected chi connectivity index (χ3v) is 6.42. The molecule has 0 radical (unpaired) electrons. The van der Waals surface area contributed by atoms with Gasteiger partial charge in [0, 0.05) is 23.4 Å². The van der Waals surface area contributed by atoms with E-state index < -0.39 is 33.1 Å². The Hall–Kier alpha value is -3.96. The van der Waals surface area contributed by atoms with Gasteiger partial charge >= 0.3 is 0 Å². The number of sulfonamides is 1. The fourth-order valence-electron chi connectivity index (χ4n) is 2.94. The highest BCUT2D eigenvalue weighted by molar-refractivity contribution is 7.92. The van der Waals surface area contributed by atoms with Gasteiger partial charge in [-0.1, -0.05) is 23.7 Å². The van der Waals surface area contributed by atoms with Crippen molar-refractivity contribution in [2.75, 3.05) is 17.1 Å². The lowest BCUT2D eigenvalue weighted by atomic mass is 10.1. The number of halogens is 1. The van der Waals surface area contributed by atoms with Crippen LogP contribution in [0.3, 0.4) is 0 Å². The Morgan fingerprint density at radius 1 is 1.06 bits per heavy atom.